The molecule has 1 fully saturated rings. The van der Waals surface area contributed by atoms with Crippen molar-refractivity contribution < 1.29 is 26.3 Å². The van der Waals surface area contributed by atoms with Crippen LogP contribution in [0, 0.1) is 5.82 Å². The molecule has 2 rings (SSSR count). The summed E-state index contributed by atoms with van der Waals surface area (Å²) in [5, 5.41) is 9.86. The Hall–Kier alpha value is -1.03. The van der Waals surface area contributed by atoms with E-state index in [0.29, 0.717) is 12.8 Å². The average Bonchev–Trinajstić information content (AvgIpc) is 2.33. The van der Waals surface area contributed by atoms with Crippen LogP contribution in [0.3, 0.4) is 0 Å². The van der Waals surface area contributed by atoms with Gasteiger partial charge in [0.05, 0.1) is 10.5 Å². The van der Waals surface area contributed by atoms with E-state index in [1.54, 1.807) is 0 Å². The molecule has 0 saturated heterocycles. The van der Waals surface area contributed by atoms with Gasteiger partial charge in [0.25, 0.3) is 0 Å². The van der Waals surface area contributed by atoms with Gasteiger partial charge in [-0.1, -0.05) is 0 Å². The summed E-state index contributed by atoms with van der Waals surface area (Å²) in [4.78, 5) is -1.03. The van der Waals surface area contributed by atoms with Crippen molar-refractivity contribution in [3.8, 4) is 0 Å². The molecule has 0 atom stereocenters. The summed E-state index contributed by atoms with van der Waals surface area (Å²) < 4.78 is 62.8. The molecule has 9 heteroatoms. The maximum Gasteiger partial charge on any atom is 0.243 e. The second kappa shape index (κ2) is 5.31. The fourth-order valence-electron chi connectivity index (χ4n) is 1.99. The molecule has 0 bridgehead atoms. The molecule has 1 aliphatic rings. The molecular formula is C12H16FNO5S2. The summed E-state index contributed by atoms with van der Waals surface area (Å²) in [5.41, 5.74) is -1.10. The van der Waals surface area contributed by atoms with Crippen LogP contribution in [-0.2, 0) is 19.9 Å². The fourth-order valence-corrected chi connectivity index (χ4v) is 3.93. The average molecular weight is 337 g/mol. The number of sulfone groups is 1. The molecule has 118 valence electrons. The van der Waals surface area contributed by atoms with E-state index in [-0.39, 0.29) is 11.4 Å². The zero-order chi connectivity index (χ0) is 15.9. The summed E-state index contributed by atoms with van der Waals surface area (Å²) in [7, 11) is -7.88. The SMILES string of the molecule is CS(=O)(=O)c1ccc(F)c(S(=O)(=O)NCC2(O)CCC2)c1. The highest BCUT2D eigenvalue weighted by molar-refractivity contribution is 7.91. The highest BCUT2D eigenvalue weighted by Crippen LogP contribution is 2.31. The van der Waals surface area contributed by atoms with Crippen LogP contribution in [0.25, 0.3) is 0 Å². The number of hydrogen-bond donors (Lipinski definition) is 2. The summed E-state index contributed by atoms with van der Waals surface area (Å²) in [6.07, 6.45) is 2.65. The van der Waals surface area contributed by atoms with Gasteiger partial charge in [-0.25, -0.2) is 25.9 Å². The second-order valence-electron chi connectivity index (χ2n) is 5.27. The van der Waals surface area contributed by atoms with Gasteiger partial charge in [0, 0.05) is 12.8 Å². The van der Waals surface area contributed by atoms with Crippen molar-refractivity contribution in [2.45, 2.75) is 34.7 Å². The van der Waals surface area contributed by atoms with E-state index in [0.717, 1.165) is 30.9 Å². The summed E-state index contributed by atoms with van der Waals surface area (Å²) in [5.74, 6) is -1.05. The minimum atomic E-state index is -4.23. The van der Waals surface area contributed by atoms with Gasteiger partial charge in [-0.3, -0.25) is 0 Å². The number of benzene rings is 1. The largest absolute Gasteiger partial charge is 0.389 e. The maximum atomic E-state index is 13.7. The molecule has 21 heavy (non-hydrogen) atoms. The number of rotatable bonds is 5. The van der Waals surface area contributed by atoms with Crippen LogP contribution in [0.5, 0.6) is 0 Å². The van der Waals surface area contributed by atoms with Crippen LogP contribution in [0.1, 0.15) is 19.3 Å². The van der Waals surface area contributed by atoms with Gasteiger partial charge in [-0.15, -0.1) is 0 Å². The maximum absolute atomic E-state index is 13.7. The third kappa shape index (κ3) is 3.60. The number of halogens is 1. The van der Waals surface area contributed by atoms with Crippen LogP contribution >= 0.6 is 0 Å². The zero-order valence-electron chi connectivity index (χ0n) is 11.3. The van der Waals surface area contributed by atoms with Crippen molar-refractivity contribution in [3.63, 3.8) is 0 Å². The van der Waals surface area contributed by atoms with Crippen molar-refractivity contribution in [1.29, 1.82) is 0 Å². The van der Waals surface area contributed by atoms with E-state index in [4.69, 9.17) is 0 Å². The topological polar surface area (TPSA) is 101 Å². The van der Waals surface area contributed by atoms with Crippen LogP contribution in [0.15, 0.2) is 28.0 Å². The molecule has 2 N–H and O–H groups in total. The second-order valence-corrected chi connectivity index (χ2v) is 9.02. The molecule has 0 spiro atoms. The lowest BCUT2D eigenvalue weighted by Gasteiger charge is -2.36. The van der Waals surface area contributed by atoms with Crippen LogP contribution in [0.4, 0.5) is 4.39 Å². The zero-order valence-corrected chi connectivity index (χ0v) is 13.0. The van der Waals surface area contributed by atoms with E-state index >= 15 is 0 Å². The van der Waals surface area contributed by atoms with Crippen molar-refractivity contribution in [2.24, 2.45) is 0 Å². The van der Waals surface area contributed by atoms with Gasteiger partial charge in [-0.05, 0) is 37.5 Å². The van der Waals surface area contributed by atoms with Crippen molar-refractivity contribution in [2.75, 3.05) is 12.8 Å². The van der Waals surface area contributed by atoms with E-state index in [1.807, 2.05) is 0 Å². The Morgan fingerprint density at radius 2 is 1.90 bits per heavy atom. The molecule has 1 aromatic carbocycles. The quantitative estimate of drug-likeness (QED) is 0.759. The first kappa shape index (κ1) is 16.3. The monoisotopic (exact) mass is 337 g/mol. The summed E-state index contributed by atoms with van der Waals surface area (Å²) in [6.45, 7) is -0.224. The van der Waals surface area contributed by atoms with E-state index in [9.17, 15) is 26.3 Å². The standard InChI is InChI=1S/C12H16FNO5S2/c1-20(16,17)9-3-4-10(13)11(7-9)21(18,19)14-8-12(15)5-2-6-12/h3-4,7,14-15H,2,5-6,8H2,1H3. The first-order valence-electron chi connectivity index (χ1n) is 6.25. The Morgan fingerprint density at radius 3 is 2.38 bits per heavy atom. The minimum absolute atomic E-state index is 0.224. The number of sulfonamides is 1. The van der Waals surface area contributed by atoms with Gasteiger partial charge in [0.15, 0.2) is 9.84 Å². The molecule has 6 nitrogen and oxygen atoms in total. The smallest absolute Gasteiger partial charge is 0.243 e. The van der Waals surface area contributed by atoms with E-state index < -0.39 is 36.2 Å². The van der Waals surface area contributed by atoms with Gasteiger partial charge in [0.2, 0.25) is 10.0 Å². The van der Waals surface area contributed by atoms with Gasteiger partial charge < -0.3 is 5.11 Å². The molecule has 0 radical (unpaired) electrons. The summed E-state index contributed by atoms with van der Waals surface area (Å²) in [6, 6.07) is 2.57. The van der Waals surface area contributed by atoms with E-state index in [1.165, 1.54) is 0 Å². The Morgan fingerprint density at radius 1 is 1.29 bits per heavy atom. The van der Waals surface area contributed by atoms with Crippen LogP contribution in [0.2, 0.25) is 0 Å². The molecular weight excluding hydrogens is 321 g/mol. The predicted molar refractivity (Wildman–Crippen MR) is 73.5 cm³/mol. The lowest BCUT2D eigenvalue weighted by atomic mass is 9.81. The summed E-state index contributed by atoms with van der Waals surface area (Å²) >= 11 is 0. The van der Waals surface area contributed by atoms with E-state index in [2.05, 4.69) is 4.72 Å². The van der Waals surface area contributed by atoms with Crippen molar-refractivity contribution in [1.82, 2.24) is 4.72 Å². The predicted octanol–water partition coefficient (Wildman–Crippen LogP) is 0.422. The normalized spacial score (nSPS) is 18.2. The van der Waals surface area contributed by atoms with Crippen LogP contribution in [-0.4, -0.2) is 40.3 Å². The first-order chi connectivity index (χ1) is 9.54. The van der Waals surface area contributed by atoms with Gasteiger partial charge in [-0.2, -0.15) is 0 Å². The third-order valence-electron chi connectivity index (χ3n) is 3.50. The van der Waals surface area contributed by atoms with Gasteiger partial charge in [0.1, 0.15) is 10.7 Å². The number of hydrogen-bond acceptors (Lipinski definition) is 5. The molecule has 0 unspecified atom stereocenters. The lowest BCUT2D eigenvalue weighted by molar-refractivity contribution is -0.0271. The van der Waals surface area contributed by atoms with Crippen molar-refractivity contribution >= 4 is 19.9 Å². The molecule has 0 amide bonds. The molecule has 0 aromatic heterocycles. The Labute approximate surface area is 123 Å². The van der Waals surface area contributed by atoms with Crippen LogP contribution < -0.4 is 4.72 Å². The number of aliphatic hydroxyl groups is 1. The van der Waals surface area contributed by atoms with Gasteiger partial charge >= 0.3 is 0 Å². The highest BCUT2D eigenvalue weighted by atomic mass is 32.2. The molecule has 1 saturated carbocycles. The Balaban J connectivity index is 2.31. The Bertz CT molecular complexity index is 754. The Kier molecular flexibility index (Phi) is 4.13. The lowest BCUT2D eigenvalue weighted by Crippen LogP contribution is -2.47. The molecule has 0 heterocycles. The fraction of sp³-hybridized carbons (Fsp3) is 0.500. The number of nitrogens with one attached hydrogen (secondary N) is 1. The molecule has 1 aromatic rings. The minimum Gasteiger partial charge on any atom is -0.389 e. The molecule has 1 aliphatic carbocycles. The third-order valence-corrected chi connectivity index (χ3v) is 6.02. The molecule has 0 aliphatic heterocycles. The van der Waals surface area contributed by atoms with Crippen molar-refractivity contribution in [3.05, 3.63) is 24.0 Å². The highest BCUT2D eigenvalue weighted by Gasteiger charge is 2.36. The first-order valence-corrected chi connectivity index (χ1v) is 9.63.